The molecule has 2 unspecified atom stereocenters. The predicted molar refractivity (Wildman–Crippen MR) is 76.4 cm³/mol. The molecule has 0 saturated carbocycles. The van der Waals surface area contributed by atoms with E-state index in [9.17, 15) is 9.59 Å². The van der Waals surface area contributed by atoms with Gasteiger partial charge in [0, 0.05) is 5.92 Å². The molecule has 2 rings (SSSR count). The Morgan fingerprint density at radius 3 is 2.50 bits per heavy atom. The number of benzene rings is 1. The molecule has 4 heteroatoms. The summed E-state index contributed by atoms with van der Waals surface area (Å²) in [6.45, 7) is 3.60. The van der Waals surface area contributed by atoms with Crippen molar-refractivity contribution in [3.8, 4) is 0 Å². The number of hydrogen-bond donors (Lipinski definition) is 2. The molecule has 1 amide bonds. The van der Waals surface area contributed by atoms with Crippen LogP contribution in [-0.4, -0.2) is 23.0 Å². The molecular weight excluding hydrogens is 254 g/mol. The Balaban J connectivity index is 2.03. The van der Waals surface area contributed by atoms with Crippen LogP contribution in [0.15, 0.2) is 24.3 Å². The van der Waals surface area contributed by atoms with Crippen LogP contribution in [-0.2, 0) is 22.4 Å². The van der Waals surface area contributed by atoms with Gasteiger partial charge in [0.2, 0.25) is 5.91 Å². The van der Waals surface area contributed by atoms with E-state index < -0.39 is 12.0 Å². The van der Waals surface area contributed by atoms with Crippen molar-refractivity contribution in [3.63, 3.8) is 0 Å². The van der Waals surface area contributed by atoms with Gasteiger partial charge in [-0.3, -0.25) is 4.79 Å². The highest BCUT2D eigenvalue weighted by atomic mass is 16.4. The Hall–Kier alpha value is -1.84. The number of carbonyl (C=O) groups is 2. The fourth-order valence-electron chi connectivity index (χ4n) is 2.71. The van der Waals surface area contributed by atoms with E-state index in [1.807, 2.05) is 18.2 Å². The highest BCUT2D eigenvalue weighted by Crippen LogP contribution is 2.25. The monoisotopic (exact) mass is 275 g/mol. The molecule has 1 aliphatic carbocycles. The second kappa shape index (κ2) is 6.07. The minimum atomic E-state index is -0.968. The van der Waals surface area contributed by atoms with Gasteiger partial charge < -0.3 is 10.4 Å². The van der Waals surface area contributed by atoms with E-state index in [4.69, 9.17) is 5.11 Å². The van der Waals surface area contributed by atoms with Crippen LogP contribution in [0.3, 0.4) is 0 Å². The van der Waals surface area contributed by atoms with Gasteiger partial charge in [0.15, 0.2) is 0 Å². The smallest absolute Gasteiger partial charge is 0.326 e. The number of aryl methyl sites for hydroxylation is 1. The number of aliphatic carboxylic acids is 1. The van der Waals surface area contributed by atoms with E-state index in [-0.39, 0.29) is 17.7 Å². The van der Waals surface area contributed by atoms with Crippen LogP contribution >= 0.6 is 0 Å². The van der Waals surface area contributed by atoms with Crippen LogP contribution in [0.1, 0.15) is 31.4 Å². The fraction of sp³-hybridized carbons (Fsp3) is 0.500. The van der Waals surface area contributed by atoms with Gasteiger partial charge in [0.25, 0.3) is 0 Å². The number of nitrogens with one attached hydrogen (secondary N) is 1. The van der Waals surface area contributed by atoms with Gasteiger partial charge in [-0.1, -0.05) is 38.1 Å². The van der Waals surface area contributed by atoms with Gasteiger partial charge in [0.1, 0.15) is 6.04 Å². The molecule has 1 aromatic carbocycles. The normalized spacial score (nSPS) is 19.2. The minimum absolute atomic E-state index is 0.118. The third kappa shape index (κ3) is 3.18. The largest absolute Gasteiger partial charge is 0.480 e. The Labute approximate surface area is 119 Å². The summed E-state index contributed by atoms with van der Waals surface area (Å²) in [7, 11) is 0. The number of carbonyl (C=O) groups excluding carboxylic acids is 1. The maximum atomic E-state index is 12.3. The molecule has 0 aromatic heterocycles. The third-order valence-electron chi connectivity index (χ3n) is 3.95. The van der Waals surface area contributed by atoms with E-state index in [1.165, 1.54) is 11.1 Å². The van der Waals surface area contributed by atoms with E-state index in [0.717, 1.165) is 12.8 Å². The average Bonchev–Trinajstić information content (AvgIpc) is 2.43. The first kappa shape index (κ1) is 14.6. The molecule has 20 heavy (non-hydrogen) atoms. The number of rotatable bonds is 4. The van der Waals surface area contributed by atoms with Crippen LogP contribution in [0.4, 0.5) is 0 Å². The number of amides is 1. The van der Waals surface area contributed by atoms with Crippen molar-refractivity contribution in [2.45, 2.75) is 39.2 Å². The summed E-state index contributed by atoms with van der Waals surface area (Å²) in [5.74, 6) is -1.34. The van der Waals surface area contributed by atoms with Crippen molar-refractivity contribution in [2.24, 2.45) is 11.8 Å². The molecule has 0 fully saturated rings. The maximum Gasteiger partial charge on any atom is 0.326 e. The summed E-state index contributed by atoms with van der Waals surface area (Å²) >= 11 is 0. The molecule has 0 heterocycles. The molecule has 1 aliphatic rings. The molecular formula is C16H21NO3. The van der Waals surface area contributed by atoms with Crippen molar-refractivity contribution in [1.29, 1.82) is 0 Å². The number of hydrogen-bond acceptors (Lipinski definition) is 2. The molecule has 108 valence electrons. The Morgan fingerprint density at radius 1 is 1.25 bits per heavy atom. The van der Waals surface area contributed by atoms with Gasteiger partial charge in [-0.05, 0) is 36.3 Å². The zero-order valence-electron chi connectivity index (χ0n) is 11.9. The average molecular weight is 275 g/mol. The first-order valence-electron chi connectivity index (χ1n) is 7.09. The van der Waals surface area contributed by atoms with Gasteiger partial charge in [-0.15, -0.1) is 0 Å². The lowest BCUT2D eigenvalue weighted by atomic mass is 9.83. The van der Waals surface area contributed by atoms with Crippen molar-refractivity contribution >= 4 is 11.9 Å². The molecule has 0 radical (unpaired) electrons. The summed E-state index contributed by atoms with van der Waals surface area (Å²) in [5, 5.41) is 11.8. The Kier molecular flexibility index (Phi) is 4.42. The summed E-state index contributed by atoms with van der Waals surface area (Å²) in [4.78, 5) is 23.4. The van der Waals surface area contributed by atoms with Gasteiger partial charge in [0.05, 0.1) is 0 Å². The van der Waals surface area contributed by atoms with Crippen LogP contribution in [0, 0.1) is 11.8 Å². The minimum Gasteiger partial charge on any atom is -0.480 e. The van der Waals surface area contributed by atoms with Crippen LogP contribution in [0.5, 0.6) is 0 Å². The number of carboxylic acids is 1. The van der Waals surface area contributed by atoms with E-state index in [0.29, 0.717) is 6.42 Å². The van der Waals surface area contributed by atoms with E-state index >= 15 is 0 Å². The van der Waals surface area contributed by atoms with Crippen molar-refractivity contribution in [3.05, 3.63) is 35.4 Å². The molecule has 2 atom stereocenters. The summed E-state index contributed by atoms with van der Waals surface area (Å²) in [6.07, 6.45) is 2.37. The first-order valence-corrected chi connectivity index (χ1v) is 7.09. The molecule has 0 bridgehead atoms. The summed E-state index contributed by atoms with van der Waals surface area (Å²) in [6, 6.07) is 7.33. The van der Waals surface area contributed by atoms with Crippen LogP contribution in [0.25, 0.3) is 0 Å². The van der Waals surface area contributed by atoms with Crippen LogP contribution in [0.2, 0.25) is 0 Å². The Bertz CT molecular complexity index is 510. The van der Waals surface area contributed by atoms with Gasteiger partial charge in [-0.2, -0.15) is 0 Å². The zero-order chi connectivity index (χ0) is 14.7. The highest BCUT2D eigenvalue weighted by molar-refractivity contribution is 5.85. The lowest BCUT2D eigenvalue weighted by Gasteiger charge is -2.26. The van der Waals surface area contributed by atoms with Crippen molar-refractivity contribution in [2.75, 3.05) is 0 Å². The predicted octanol–water partition coefficient (Wildman–Crippen LogP) is 2.02. The second-order valence-corrected chi connectivity index (χ2v) is 5.78. The van der Waals surface area contributed by atoms with Gasteiger partial charge >= 0.3 is 5.97 Å². The summed E-state index contributed by atoms with van der Waals surface area (Å²) < 4.78 is 0. The molecule has 0 aliphatic heterocycles. The molecule has 2 N–H and O–H groups in total. The number of fused-ring (bicyclic) bond motifs is 1. The standard InChI is InChI=1S/C16H21NO3/c1-10(2)14(16(19)20)17-15(18)13-8-7-11-5-3-4-6-12(11)9-13/h3-6,10,13-14H,7-9H2,1-2H3,(H,17,18)(H,19,20). The molecule has 0 saturated heterocycles. The summed E-state index contributed by atoms with van der Waals surface area (Å²) in [5.41, 5.74) is 2.51. The quantitative estimate of drug-likeness (QED) is 0.883. The SMILES string of the molecule is CC(C)C(NC(=O)C1CCc2ccccc2C1)C(=O)O. The lowest BCUT2D eigenvalue weighted by molar-refractivity contribution is -0.143. The number of carboxylic acid groups (broad SMARTS) is 1. The maximum absolute atomic E-state index is 12.3. The van der Waals surface area contributed by atoms with Crippen molar-refractivity contribution < 1.29 is 14.7 Å². The van der Waals surface area contributed by atoms with Crippen molar-refractivity contribution in [1.82, 2.24) is 5.32 Å². The van der Waals surface area contributed by atoms with E-state index in [2.05, 4.69) is 11.4 Å². The highest BCUT2D eigenvalue weighted by Gasteiger charge is 2.29. The van der Waals surface area contributed by atoms with Crippen LogP contribution < -0.4 is 5.32 Å². The third-order valence-corrected chi connectivity index (χ3v) is 3.95. The molecule has 0 spiro atoms. The fourth-order valence-corrected chi connectivity index (χ4v) is 2.71. The second-order valence-electron chi connectivity index (χ2n) is 5.78. The van der Waals surface area contributed by atoms with Gasteiger partial charge in [-0.25, -0.2) is 4.79 Å². The Morgan fingerprint density at radius 2 is 1.90 bits per heavy atom. The topological polar surface area (TPSA) is 66.4 Å². The molecule has 4 nitrogen and oxygen atoms in total. The zero-order valence-corrected chi connectivity index (χ0v) is 11.9. The lowest BCUT2D eigenvalue weighted by Crippen LogP contribution is -2.47. The first-order chi connectivity index (χ1) is 9.49. The molecule has 1 aromatic rings. The van der Waals surface area contributed by atoms with E-state index in [1.54, 1.807) is 13.8 Å².